The molecule has 106 valence electrons. The lowest BCUT2D eigenvalue weighted by molar-refractivity contribution is -0.139. The van der Waals surface area contributed by atoms with E-state index in [4.69, 9.17) is 0 Å². The number of methoxy groups -OCH3 is 1. The number of thiazole rings is 1. The Morgan fingerprint density at radius 2 is 2.21 bits per heavy atom. The Bertz CT molecular complexity index is 425. The minimum atomic E-state index is -0.253. The summed E-state index contributed by atoms with van der Waals surface area (Å²) in [5.74, 6) is -0.253. The number of hydrazine groups is 1. The standard InChI is InChI=1S/C13H21N3O2S/c1-9-5-4-6-10(2)16(9)15-13-14-11(8-19-13)7-12(17)18-3/h8-10H,4-7H2,1-3H3,(H,14,15). The van der Waals surface area contributed by atoms with Gasteiger partial charge in [-0.3, -0.25) is 10.2 Å². The van der Waals surface area contributed by atoms with Crippen LogP contribution in [0.1, 0.15) is 38.8 Å². The van der Waals surface area contributed by atoms with Crippen molar-refractivity contribution in [3.63, 3.8) is 0 Å². The lowest BCUT2D eigenvalue weighted by atomic mass is 10.00. The Morgan fingerprint density at radius 3 is 2.84 bits per heavy atom. The highest BCUT2D eigenvalue weighted by atomic mass is 32.1. The molecule has 1 aliphatic heterocycles. The fourth-order valence-corrected chi connectivity index (χ4v) is 3.12. The van der Waals surface area contributed by atoms with Crippen LogP contribution in [-0.4, -0.2) is 35.2 Å². The average Bonchev–Trinajstić information content (AvgIpc) is 2.81. The van der Waals surface area contributed by atoms with E-state index < -0.39 is 0 Å². The molecule has 1 aromatic rings. The molecule has 2 atom stereocenters. The molecule has 0 radical (unpaired) electrons. The maximum atomic E-state index is 11.2. The van der Waals surface area contributed by atoms with Crippen LogP contribution in [0.2, 0.25) is 0 Å². The maximum absolute atomic E-state index is 11.2. The van der Waals surface area contributed by atoms with E-state index in [0.717, 1.165) is 10.8 Å². The molecule has 6 heteroatoms. The molecule has 1 saturated heterocycles. The molecule has 1 aliphatic rings. The molecule has 0 bridgehead atoms. The molecule has 1 N–H and O–H groups in total. The Morgan fingerprint density at radius 1 is 1.53 bits per heavy atom. The van der Waals surface area contributed by atoms with E-state index in [9.17, 15) is 4.79 Å². The minimum Gasteiger partial charge on any atom is -0.469 e. The van der Waals surface area contributed by atoms with Crippen molar-refractivity contribution in [1.29, 1.82) is 0 Å². The van der Waals surface area contributed by atoms with Crippen LogP contribution in [0.5, 0.6) is 0 Å². The van der Waals surface area contributed by atoms with Crippen LogP contribution in [0.3, 0.4) is 0 Å². The van der Waals surface area contributed by atoms with Gasteiger partial charge in [-0.2, -0.15) is 0 Å². The summed E-state index contributed by atoms with van der Waals surface area (Å²) in [5, 5.41) is 5.02. The second kappa shape index (κ2) is 6.34. The lowest BCUT2D eigenvalue weighted by Crippen LogP contribution is -2.47. The number of hydrogen-bond acceptors (Lipinski definition) is 6. The van der Waals surface area contributed by atoms with Gasteiger partial charge in [-0.05, 0) is 26.7 Å². The summed E-state index contributed by atoms with van der Waals surface area (Å²) >= 11 is 1.53. The molecular weight excluding hydrogens is 262 g/mol. The molecule has 1 fully saturated rings. The summed E-state index contributed by atoms with van der Waals surface area (Å²) in [6, 6.07) is 1.02. The Labute approximate surface area is 117 Å². The first kappa shape index (κ1) is 14.3. The maximum Gasteiger partial charge on any atom is 0.311 e. The van der Waals surface area contributed by atoms with Crippen molar-refractivity contribution < 1.29 is 9.53 Å². The van der Waals surface area contributed by atoms with Gasteiger partial charge in [0.15, 0.2) is 5.13 Å². The topological polar surface area (TPSA) is 54.5 Å². The number of rotatable bonds is 4. The fourth-order valence-electron chi connectivity index (χ4n) is 2.41. The van der Waals surface area contributed by atoms with Gasteiger partial charge in [0.2, 0.25) is 0 Å². The first-order valence-electron chi connectivity index (χ1n) is 6.66. The number of nitrogens with one attached hydrogen (secondary N) is 1. The van der Waals surface area contributed by atoms with Crippen molar-refractivity contribution in [1.82, 2.24) is 9.99 Å². The number of anilines is 1. The highest BCUT2D eigenvalue weighted by Crippen LogP contribution is 2.25. The first-order valence-corrected chi connectivity index (χ1v) is 7.54. The van der Waals surface area contributed by atoms with Gasteiger partial charge in [0.1, 0.15) is 0 Å². The van der Waals surface area contributed by atoms with Gasteiger partial charge in [-0.1, -0.05) is 6.42 Å². The molecular formula is C13H21N3O2S. The SMILES string of the molecule is COC(=O)Cc1csc(NN2C(C)CCCC2C)n1. The number of nitrogens with zero attached hydrogens (tertiary/aromatic N) is 2. The van der Waals surface area contributed by atoms with Crippen molar-refractivity contribution >= 4 is 22.4 Å². The fraction of sp³-hybridized carbons (Fsp3) is 0.692. The smallest absolute Gasteiger partial charge is 0.311 e. The zero-order valence-corrected chi connectivity index (χ0v) is 12.5. The van der Waals surface area contributed by atoms with Crippen molar-refractivity contribution in [2.75, 3.05) is 12.5 Å². The normalized spacial score (nSPS) is 24.2. The summed E-state index contributed by atoms with van der Waals surface area (Å²) in [6.45, 7) is 4.46. The number of aromatic nitrogens is 1. The molecule has 5 nitrogen and oxygen atoms in total. The van der Waals surface area contributed by atoms with Gasteiger partial charge in [0.25, 0.3) is 0 Å². The van der Waals surface area contributed by atoms with E-state index in [1.165, 1.54) is 37.7 Å². The van der Waals surface area contributed by atoms with Crippen LogP contribution in [0.4, 0.5) is 5.13 Å². The molecule has 2 unspecified atom stereocenters. The summed E-state index contributed by atoms with van der Waals surface area (Å²) in [7, 11) is 1.39. The summed E-state index contributed by atoms with van der Waals surface area (Å²) in [6.07, 6.45) is 3.93. The quantitative estimate of drug-likeness (QED) is 0.860. The largest absolute Gasteiger partial charge is 0.469 e. The third kappa shape index (κ3) is 3.67. The van der Waals surface area contributed by atoms with Crippen LogP contribution in [-0.2, 0) is 16.0 Å². The second-order valence-electron chi connectivity index (χ2n) is 5.04. The molecule has 19 heavy (non-hydrogen) atoms. The minimum absolute atomic E-state index is 0.236. The van der Waals surface area contributed by atoms with Crippen LogP contribution < -0.4 is 5.43 Å². The summed E-state index contributed by atoms with van der Waals surface area (Å²) in [5.41, 5.74) is 4.14. The number of ether oxygens (including phenoxy) is 1. The molecule has 0 spiro atoms. The monoisotopic (exact) mass is 283 g/mol. The highest BCUT2D eigenvalue weighted by Gasteiger charge is 2.25. The highest BCUT2D eigenvalue weighted by molar-refractivity contribution is 7.13. The number of esters is 1. The number of carbonyl (C=O) groups excluding carboxylic acids is 1. The zero-order valence-electron chi connectivity index (χ0n) is 11.7. The molecule has 2 heterocycles. The Kier molecular flexibility index (Phi) is 4.76. The summed E-state index contributed by atoms with van der Waals surface area (Å²) in [4.78, 5) is 15.6. The Balaban J connectivity index is 1.97. The van der Waals surface area contributed by atoms with Gasteiger partial charge in [0.05, 0.1) is 19.2 Å². The third-order valence-corrected chi connectivity index (χ3v) is 4.32. The number of carbonyl (C=O) groups is 1. The number of piperidine rings is 1. The molecule has 2 rings (SSSR count). The lowest BCUT2D eigenvalue weighted by Gasteiger charge is -2.38. The van der Waals surface area contributed by atoms with Crippen LogP contribution in [0.15, 0.2) is 5.38 Å². The average molecular weight is 283 g/mol. The van der Waals surface area contributed by atoms with Crippen molar-refractivity contribution in [3.8, 4) is 0 Å². The number of hydrogen-bond donors (Lipinski definition) is 1. The molecule has 1 aromatic heterocycles. The predicted octanol–water partition coefficient (Wildman–Crippen LogP) is 2.45. The van der Waals surface area contributed by atoms with Gasteiger partial charge in [-0.25, -0.2) is 9.99 Å². The van der Waals surface area contributed by atoms with Gasteiger partial charge < -0.3 is 4.74 Å². The summed E-state index contributed by atoms with van der Waals surface area (Å²) < 4.78 is 4.64. The molecule has 0 aromatic carbocycles. The zero-order chi connectivity index (χ0) is 13.8. The van der Waals surface area contributed by atoms with E-state index in [1.54, 1.807) is 0 Å². The van der Waals surface area contributed by atoms with E-state index >= 15 is 0 Å². The third-order valence-electron chi connectivity index (χ3n) is 3.52. The van der Waals surface area contributed by atoms with Crippen molar-refractivity contribution in [3.05, 3.63) is 11.1 Å². The van der Waals surface area contributed by atoms with E-state index in [-0.39, 0.29) is 12.4 Å². The van der Waals surface area contributed by atoms with E-state index in [0.29, 0.717) is 12.1 Å². The van der Waals surface area contributed by atoms with E-state index in [2.05, 4.69) is 34.0 Å². The van der Waals surface area contributed by atoms with Crippen molar-refractivity contribution in [2.24, 2.45) is 0 Å². The van der Waals surface area contributed by atoms with Gasteiger partial charge in [0, 0.05) is 17.5 Å². The van der Waals surface area contributed by atoms with Gasteiger partial charge >= 0.3 is 5.97 Å². The molecule has 0 saturated carbocycles. The van der Waals surface area contributed by atoms with Crippen LogP contribution >= 0.6 is 11.3 Å². The molecule has 0 aliphatic carbocycles. The van der Waals surface area contributed by atoms with E-state index in [1.807, 2.05) is 5.38 Å². The Hall–Kier alpha value is -1.14. The second-order valence-corrected chi connectivity index (χ2v) is 5.90. The van der Waals surface area contributed by atoms with Gasteiger partial charge in [-0.15, -0.1) is 11.3 Å². The van der Waals surface area contributed by atoms with Crippen LogP contribution in [0.25, 0.3) is 0 Å². The first-order chi connectivity index (χ1) is 9.10. The predicted molar refractivity (Wildman–Crippen MR) is 76.1 cm³/mol. The molecule has 0 amide bonds. The van der Waals surface area contributed by atoms with Crippen LogP contribution in [0, 0.1) is 0 Å². The van der Waals surface area contributed by atoms with Crippen molar-refractivity contribution in [2.45, 2.75) is 51.6 Å².